The van der Waals surface area contributed by atoms with E-state index in [1.807, 2.05) is 27.8 Å². The monoisotopic (exact) mass is 550 g/mol. The van der Waals surface area contributed by atoms with Crippen molar-refractivity contribution in [1.82, 2.24) is 20.9 Å². The molecular formula is C33H50N4O3. The largest absolute Gasteiger partial charge is 0.376 e. The number of likely N-dealkylation sites (N-methyl/N-ethyl adjacent to an activating group) is 1. The van der Waals surface area contributed by atoms with Gasteiger partial charge in [-0.3, -0.25) is 14.4 Å². The van der Waals surface area contributed by atoms with Gasteiger partial charge in [0.2, 0.25) is 11.8 Å². The topological polar surface area (TPSA) is 90.5 Å². The molecule has 0 spiro atoms. The molecule has 0 aromatic heterocycles. The third-order valence-corrected chi connectivity index (χ3v) is 9.45. The van der Waals surface area contributed by atoms with Crippen molar-refractivity contribution in [2.45, 2.75) is 115 Å². The van der Waals surface area contributed by atoms with E-state index < -0.39 is 12.1 Å². The molecule has 7 nitrogen and oxygen atoms in total. The molecule has 4 rings (SSSR count). The first-order valence-electron chi connectivity index (χ1n) is 15.5. The fourth-order valence-electron chi connectivity index (χ4n) is 6.83. The number of aryl methyl sites for hydroxylation is 1. The third kappa shape index (κ3) is 7.15. The van der Waals surface area contributed by atoms with Gasteiger partial charge in [-0.05, 0) is 75.5 Å². The maximum absolute atomic E-state index is 14.4. The Kier molecular flexibility index (Phi) is 10.4. The molecule has 3 N–H and O–H groups in total. The van der Waals surface area contributed by atoms with Crippen molar-refractivity contribution < 1.29 is 14.4 Å². The van der Waals surface area contributed by atoms with Crippen molar-refractivity contribution in [2.24, 2.45) is 11.8 Å². The normalized spacial score (nSPS) is 24.7. The first kappa shape index (κ1) is 30.3. The van der Waals surface area contributed by atoms with E-state index in [2.05, 4.69) is 46.8 Å². The molecule has 7 heteroatoms. The summed E-state index contributed by atoms with van der Waals surface area (Å²) in [5.74, 6) is 0.279. The summed E-state index contributed by atoms with van der Waals surface area (Å²) < 4.78 is 0. The second-order valence-corrected chi connectivity index (χ2v) is 12.6. The molecule has 0 bridgehead atoms. The number of nitrogens with zero attached hydrogens (tertiary/aromatic N) is 1. The van der Waals surface area contributed by atoms with E-state index in [4.69, 9.17) is 0 Å². The van der Waals surface area contributed by atoms with Crippen LogP contribution in [0.3, 0.4) is 0 Å². The lowest BCUT2D eigenvalue weighted by Crippen LogP contribution is -2.54. The summed E-state index contributed by atoms with van der Waals surface area (Å²) in [6.45, 7) is 10.4. The minimum absolute atomic E-state index is 0.0133. The Morgan fingerprint density at radius 3 is 2.45 bits per heavy atom. The predicted molar refractivity (Wildman–Crippen MR) is 160 cm³/mol. The Hall–Kier alpha value is -2.67. The van der Waals surface area contributed by atoms with Gasteiger partial charge in [-0.2, -0.15) is 0 Å². The fourth-order valence-corrected chi connectivity index (χ4v) is 6.83. The van der Waals surface area contributed by atoms with Gasteiger partial charge in [0.25, 0.3) is 0 Å². The molecule has 2 aliphatic carbocycles. The summed E-state index contributed by atoms with van der Waals surface area (Å²) in [7, 11) is 1.88. The van der Waals surface area contributed by atoms with Gasteiger partial charge in [-0.15, -0.1) is 0 Å². The van der Waals surface area contributed by atoms with Crippen molar-refractivity contribution in [1.29, 1.82) is 0 Å². The van der Waals surface area contributed by atoms with Gasteiger partial charge < -0.3 is 20.9 Å². The average molecular weight is 551 g/mol. The van der Waals surface area contributed by atoms with Gasteiger partial charge in [-0.1, -0.05) is 64.0 Å². The molecule has 2 amide bonds. The van der Waals surface area contributed by atoms with E-state index in [0.717, 1.165) is 50.6 Å². The minimum Gasteiger partial charge on any atom is -0.376 e. The van der Waals surface area contributed by atoms with Crippen LogP contribution in [0.5, 0.6) is 0 Å². The molecular weight excluding hydrogens is 500 g/mol. The van der Waals surface area contributed by atoms with Gasteiger partial charge in [0.05, 0.1) is 6.04 Å². The lowest BCUT2D eigenvalue weighted by atomic mass is 9.79. The Balaban J connectivity index is 1.58. The third-order valence-electron chi connectivity index (χ3n) is 9.45. The van der Waals surface area contributed by atoms with Gasteiger partial charge in [-0.25, -0.2) is 0 Å². The smallest absolute Gasteiger partial charge is 0.246 e. The van der Waals surface area contributed by atoms with Gasteiger partial charge >= 0.3 is 0 Å². The summed E-state index contributed by atoms with van der Waals surface area (Å²) in [6, 6.07) is 7.31. The molecule has 220 valence electrons. The summed E-state index contributed by atoms with van der Waals surface area (Å²) in [5, 5.41) is 9.83. The van der Waals surface area contributed by atoms with Gasteiger partial charge in [0.15, 0.2) is 5.78 Å². The summed E-state index contributed by atoms with van der Waals surface area (Å²) in [5.41, 5.74) is 3.41. The molecule has 0 radical (unpaired) electrons. The molecule has 1 heterocycles. The zero-order valence-electron chi connectivity index (χ0n) is 25.0. The Morgan fingerprint density at radius 1 is 1.02 bits per heavy atom. The average Bonchev–Trinajstić information content (AvgIpc) is 3.39. The lowest BCUT2D eigenvalue weighted by molar-refractivity contribution is -0.140. The zero-order valence-corrected chi connectivity index (χ0v) is 25.0. The van der Waals surface area contributed by atoms with Crippen LogP contribution in [0, 0.1) is 11.8 Å². The predicted octanol–water partition coefficient (Wildman–Crippen LogP) is 4.47. The number of hydrogen-bond donors (Lipinski definition) is 3. The van der Waals surface area contributed by atoms with Crippen LogP contribution in [0.15, 0.2) is 36.5 Å². The van der Waals surface area contributed by atoms with E-state index >= 15 is 0 Å². The number of likely N-dealkylation sites (tertiary alicyclic amines) is 1. The number of Topliss-reactive ketones (excluding diaryl/α,β-unsaturated/α-hetero) is 1. The molecule has 1 aromatic carbocycles. The molecule has 1 saturated carbocycles. The zero-order chi connectivity index (χ0) is 28.8. The Morgan fingerprint density at radius 2 is 1.75 bits per heavy atom. The maximum Gasteiger partial charge on any atom is 0.246 e. The minimum atomic E-state index is -0.526. The van der Waals surface area contributed by atoms with Crippen LogP contribution in [-0.2, 0) is 20.8 Å². The Bertz CT molecular complexity index is 1060. The highest BCUT2D eigenvalue weighted by atomic mass is 16.2. The maximum atomic E-state index is 14.4. The number of carbonyl (C=O) groups excluding carboxylic acids is 3. The van der Waals surface area contributed by atoms with Crippen molar-refractivity contribution in [3.05, 3.63) is 47.7 Å². The van der Waals surface area contributed by atoms with Crippen molar-refractivity contribution in [3.63, 3.8) is 0 Å². The summed E-state index contributed by atoms with van der Waals surface area (Å²) in [4.78, 5) is 42.8. The van der Waals surface area contributed by atoms with Gasteiger partial charge in [0, 0.05) is 36.7 Å². The highest BCUT2D eigenvalue weighted by Crippen LogP contribution is 2.36. The lowest BCUT2D eigenvalue weighted by Gasteiger charge is -2.36. The number of ketones is 1. The number of rotatable bonds is 11. The van der Waals surface area contributed by atoms with Crippen LogP contribution in [-0.4, -0.2) is 60.3 Å². The van der Waals surface area contributed by atoms with Crippen LogP contribution in [0.2, 0.25) is 0 Å². The second-order valence-electron chi connectivity index (χ2n) is 12.6. The molecule has 3 aliphatic rings. The molecule has 2 fully saturated rings. The number of nitrogens with one attached hydrogen (secondary N) is 3. The molecule has 1 aromatic rings. The molecule has 5 atom stereocenters. The summed E-state index contributed by atoms with van der Waals surface area (Å²) >= 11 is 0. The van der Waals surface area contributed by atoms with Crippen LogP contribution in [0.25, 0.3) is 0 Å². The number of carbonyl (C=O) groups is 3. The SMILES string of the molecule is C=C(N[C@H](C(=O)N1C[C@@H](NC(=O)C(C)C)C[C@H]1C(=O)C[C@@H]1CCCc2ccccc21)C1CCCCC1)[C@H](C)NC. The standard InChI is InChI=1S/C33H50N4O3/c1-21(2)32(39)36-27-19-29(30(38)18-26-16-11-15-24-12-9-10-17-28(24)26)37(20-27)33(40)31(25-13-7-6-8-14-25)35-23(4)22(3)34-5/h9-10,12,17,21-22,25-27,29,31,34-35H,4,6-8,11,13-16,18-20H2,1-3,5H3,(H,36,39)/t22-,26-,27-,29-,31-/m0/s1. The number of amides is 2. The molecule has 1 aliphatic heterocycles. The van der Waals surface area contributed by atoms with Crippen molar-refractivity contribution in [2.75, 3.05) is 13.6 Å². The molecule has 1 saturated heterocycles. The van der Waals surface area contributed by atoms with E-state index in [9.17, 15) is 14.4 Å². The van der Waals surface area contributed by atoms with E-state index in [0.29, 0.717) is 19.4 Å². The molecule has 0 unspecified atom stereocenters. The Labute approximate surface area is 240 Å². The summed E-state index contributed by atoms with van der Waals surface area (Å²) in [6.07, 6.45) is 9.43. The highest BCUT2D eigenvalue weighted by molar-refractivity contribution is 5.92. The fraction of sp³-hybridized carbons (Fsp3) is 0.667. The quantitative estimate of drug-likeness (QED) is 0.378. The first-order valence-corrected chi connectivity index (χ1v) is 15.5. The van der Waals surface area contributed by atoms with Crippen molar-refractivity contribution in [3.8, 4) is 0 Å². The second kappa shape index (κ2) is 13.8. The van der Waals surface area contributed by atoms with Crippen LogP contribution < -0.4 is 16.0 Å². The molecule has 40 heavy (non-hydrogen) atoms. The van der Waals surface area contributed by atoms with E-state index in [-0.39, 0.29) is 47.4 Å². The van der Waals surface area contributed by atoms with E-state index in [1.54, 1.807) is 4.90 Å². The van der Waals surface area contributed by atoms with Crippen molar-refractivity contribution >= 4 is 17.6 Å². The number of hydrogen-bond acceptors (Lipinski definition) is 5. The first-order chi connectivity index (χ1) is 19.2. The van der Waals surface area contributed by atoms with Crippen LogP contribution in [0.4, 0.5) is 0 Å². The van der Waals surface area contributed by atoms with Crippen LogP contribution >= 0.6 is 0 Å². The highest BCUT2D eigenvalue weighted by Gasteiger charge is 2.44. The van der Waals surface area contributed by atoms with E-state index in [1.165, 1.54) is 17.5 Å². The number of fused-ring (bicyclic) bond motifs is 1. The van der Waals surface area contributed by atoms with Gasteiger partial charge in [0.1, 0.15) is 6.04 Å². The number of benzene rings is 1. The van der Waals surface area contributed by atoms with Crippen LogP contribution in [0.1, 0.15) is 95.6 Å².